The van der Waals surface area contributed by atoms with E-state index in [1.165, 1.54) is 19.3 Å². The molecule has 0 radical (unpaired) electrons. The first kappa shape index (κ1) is 10.4. The highest BCUT2D eigenvalue weighted by atomic mass is 15.2. The van der Waals surface area contributed by atoms with Gasteiger partial charge in [0, 0.05) is 25.0 Å². The third-order valence-corrected chi connectivity index (χ3v) is 2.96. The maximum absolute atomic E-state index is 5.55. The molecule has 1 fully saturated rings. The number of rotatable bonds is 5. The molecule has 1 aliphatic rings. The molecule has 0 bridgehead atoms. The topological polar surface area (TPSA) is 55.0 Å². The van der Waals surface area contributed by atoms with E-state index < -0.39 is 0 Å². The molecule has 0 atom stereocenters. The van der Waals surface area contributed by atoms with E-state index in [0.717, 1.165) is 25.3 Å². The number of anilines is 1. The Morgan fingerprint density at radius 3 is 2.80 bits per heavy atom. The van der Waals surface area contributed by atoms with E-state index in [0.29, 0.717) is 6.04 Å². The lowest BCUT2D eigenvalue weighted by atomic mass is 9.91. The molecule has 0 amide bonds. The zero-order valence-corrected chi connectivity index (χ0v) is 8.97. The van der Waals surface area contributed by atoms with Gasteiger partial charge >= 0.3 is 0 Å². The summed E-state index contributed by atoms with van der Waals surface area (Å²) in [6.07, 6.45) is 10.2. The average Bonchev–Trinajstić information content (AvgIpc) is 2.22. The molecular weight excluding hydrogens is 188 g/mol. The van der Waals surface area contributed by atoms with Crippen molar-refractivity contribution in [2.45, 2.75) is 31.7 Å². The molecular formula is C11H18N4. The van der Waals surface area contributed by atoms with Gasteiger partial charge in [-0.2, -0.15) is 0 Å². The van der Waals surface area contributed by atoms with Gasteiger partial charge in [0.1, 0.15) is 5.82 Å². The maximum atomic E-state index is 5.55. The lowest BCUT2D eigenvalue weighted by molar-refractivity contribution is 0.382. The van der Waals surface area contributed by atoms with Crippen molar-refractivity contribution in [3.63, 3.8) is 0 Å². The summed E-state index contributed by atoms with van der Waals surface area (Å²) >= 11 is 0. The fourth-order valence-corrected chi connectivity index (χ4v) is 1.88. The first-order valence-corrected chi connectivity index (χ1v) is 5.64. The highest BCUT2D eigenvalue weighted by molar-refractivity contribution is 5.37. The number of nitrogens with zero attached hydrogens (tertiary/aromatic N) is 3. The van der Waals surface area contributed by atoms with E-state index >= 15 is 0 Å². The summed E-state index contributed by atoms with van der Waals surface area (Å²) in [6, 6.07) is 0.660. The van der Waals surface area contributed by atoms with Gasteiger partial charge in [0.15, 0.2) is 0 Å². The van der Waals surface area contributed by atoms with Gasteiger partial charge in [-0.3, -0.25) is 4.98 Å². The summed E-state index contributed by atoms with van der Waals surface area (Å²) in [5, 5.41) is 0. The van der Waals surface area contributed by atoms with Gasteiger partial charge < -0.3 is 10.6 Å². The normalized spacial score (nSPS) is 16.1. The predicted molar refractivity (Wildman–Crippen MR) is 60.7 cm³/mol. The fourth-order valence-electron chi connectivity index (χ4n) is 1.88. The van der Waals surface area contributed by atoms with Crippen LogP contribution in [0.4, 0.5) is 5.82 Å². The monoisotopic (exact) mass is 206 g/mol. The Morgan fingerprint density at radius 2 is 2.27 bits per heavy atom. The Morgan fingerprint density at radius 1 is 1.40 bits per heavy atom. The zero-order valence-electron chi connectivity index (χ0n) is 8.97. The van der Waals surface area contributed by atoms with E-state index in [4.69, 9.17) is 5.73 Å². The van der Waals surface area contributed by atoms with Gasteiger partial charge in [-0.15, -0.1) is 0 Å². The minimum absolute atomic E-state index is 0.660. The second-order valence-electron chi connectivity index (χ2n) is 3.98. The minimum Gasteiger partial charge on any atom is -0.352 e. The smallest absolute Gasteiger partial charge is 0.147 e. The molecule has 1 aliphatic carbocycles. The molecule has 0 saturated heterocycles. The lowest BCUT2D eigenvalue weighted by Crippen LogP contribution is -2.41. The summed E-state index contributed by atoms with van der Waals surface area (Å²) < 4.78 is 0. The quantitative estimate of drug-likeness (QED) is 0.786. The molecule has 2 N–H and O–H groups in total. The van der Waals surface area contributed by atoms with E-state index in [1.54, 1.807) is 12.4 Å². The second-order valence-corrected chi connectivity index (χ2v) is 3.98. The van der Waals surface area contributed by atoms with Crippen LogP contribution in [0.15, 0.2) is 18.6 Å². The van der Waals surface area contributed by atoms with Crippen LogP contribution in [0.25, 0.3) is 0 Å². The number of nitrogens with two attached hydrogens (primary N) is 1. The van der Waals surface area contributed by atoms with Crippen LogP contribution in [-0.2, 0) is 0 Å². The van der Waals surface area contributed by atoms with Crippen molar-refractivity contribution in [1.29, 1.82) is 0 Å². The fraction of sp³-hybridized carbons (Fsp3) is 0.636. The summed E-state index contributed by atoms with van der Waals surface area (Å²) in [6.45, 7) is 1.74. The average molecular weight is 206 g/mol. The number of hydrogen-bond donors (Lipinski definition) is 1. The van der Waals surface area contributed by atoms with Crippen molar-refractivity contribution in [2.75, 3.05) is 18.0 Å². The Labute approximate surface area is 90.5 Å². The van der Waals surface area contributed by atoms with Crippen LogP contribution in [-0.4, -0.2) is 29.1 Å². The zero-order chi connectivity index (χ0) is 10.5. The second kappa shape index (κ2) is 5.07. The van der Waals surface area contributed by atoms with E-state index in [1.807, 2.05) is 6.20 Å². The summed E-state index contributed by atoms with van der Waals surface area (Å²) in [5.41, 5.74) is 5.55. The highest BCUT2D eigenvalue weighted by Gasteiger charge is 2.25. The van der Waals surface area contributed by atoms with E-state index in [9.17, 15) is 0 Å². The van der Waals surface area contributed by atoms with E-state index in [-0.39, 0.29) is 0 Å². The summed E-state index contributed by atoms with van der Waals surface area (Å²) in [7, 11) is 0. The van der Waals surface area contributed by atoms with Crippen molar-refractivity contribution in [3.05, 3.63) is 18.6 Å². The molecule has 2 rings (SSSR count). The Balaban J connectivity index is 2.04. The molecule has 4 nitrogen and oxygen atoms in total. The van der Waals surface area contributed by atoms with Gasteiger partial charge in [-0.25, -0.2) is 4.98 Å². The van der Waals surface area contributed by atoms with Crippen LogP contribution in [0.1, 0.15) is 25.7 Å². The van der Waals surface area contributed by atoms with Crippen LogP contribution in [0.3, 0.4) is 0 Å². The van der Waals surface area contributed by atoms with Crippen LogP contribution >= 0.6 is 0 Å². The number of aromatic nitrogens is 2. The summed E-state index contributed by atoms with van der Waals surface area (Å²) in [5.74, 6) is 0.996. The first-order valence-electron chi connectivity index (χ1n) is 5.64. The van der Waals surface area contributed by atoms with Gasteiger partial charge in [0.05, 0.1) is 6.20 Å². The van der Waals surface area contributed by atoms with Crippen LogP contribution < -0.4 is 10.6 Å². The van der Waals surface area contributed by atoms with Gasteiger partial charge in [-0.05, 0) is 32.2 Å². The molecule has 0 aromatic carbocycles. The molecule has 1 aromatic rings. The van der Waals surface area contributed by atoms with Crippen molar-refractivity contribution in [1.82, 2.24) is 9.97 Å². The Hall–Kier alpha value is -1.16. The standard InChI is InChI=1S/C11H18N4/c12-5-2-8-15(10-3-1-4-10)11-9-13-6-7-14-11/h6-7,9-10H,1-5,8,12H2. The lowest BCUT2D eigenvalue weighted by Gasteiger charge is -2.38. The van der Waals surface area contributed by atoms with Crippen LogP contribution in [0.2, 0.25) is 0 Å². The largest absolute Gasteiger partial charge is 0.352 e. The third-order valence-electron chi connectivity index (χ3n) is 2.96. The molecule has 0 aliphatic heterocycles. The van der Waals surface area contributed by atoms with Gasteiger partial charge in [-0.1, -0.05) is 0 Å². The molecule has 1 heterocycles. The highest BCUT2D eigenvalue weighted by Crippen LogP contribution is 2.27. The van der Waals surface area contributed by atoms with Gasteiger partial charge in [0.2, 0.25) is 0 Å². The van der Waals surface area contributed by atoms with Gasteiger partial charge in [0.25, 0.3) is 0 Å². The summed E-state index contributed by atoms with van der Waals surface area (Å²) in [4.78, 5) is 10.8. The van der Waals surface area contributed by atoms with Crippen molar-refractivity contribution in [3.8, 4) is 0 Å². The van der Waals surface area contributed by atoms with Crippen LogP contribution in [0, 0.1) is 0 Å². The molecule has 1 saturated carbocycles. The molecule has 1 aromatic heterocycles. The third kappa shape index (κ3) is 2.45. The molecule has 15 heavy (non-hydrogen) atoms. The van der Waals surface area contributed by atoms with Crippen molar-refractivity contribution in [2.24, 2.45) is 5.73 Å². The predicted octanol–water partition coefficient (Wildman–Crippen LogP) is 1.18. The minimum atomic E-state index is 0.660. The Bertz CT molecular complexity index is 284. The SMILES string of the molecule is NCCCN(c1cnccn1)C1CCC1. The maximum Gasteiger partial charge on any atom is 0.147 e. The Kier molecular flexibility index (Phi) is 3.50. The van der Waals surface area contributed by atoms with Crippen LogP contribution in [0.5, 0.6) is 0 Å². The van der Waals surface area contributed by atoms with Crippen molar-refractivity contribution >= 4 is 5.82 Å². The molecule has 0 unspecified atom stereocenters. The van der Waals surface area contributed by atoms with Crippen molar-refractivity contribution < 1.29 is 0 Å². The molecule has 0 spiro atoms. The molecule has 4 heteroatoms. The first-order chi connectivity index (χ1) is 7.42. The van der Waals surface area contributed by atoms with E-state index in [2.05, 4.69) is 14.9 Å². The number of hydrogen-bond acceptors (Lipinski definition) is 4. The molecule has 82 valence electrons.